The molecule has 2 aromatic carbocycles. The van der Waals surface area contributed by atoms with Crippen LogP contribution in [-0.2, 0) is 13.0 Å². The van der Waals surface area contributed by atoms with Gasteiger partial charge < -0.3 is 19.5 Å². The lowest BCUT2D eigenvalue weighted by molar-refractivity contribution is -0.670. The molecule has 0 aromatic heterocycles. The Labute approximate surface area is 124 Å². The molecule has 0 aliphatic carbocycles. The van der Waals surface area contributed by atoms with E-state index >= 15 is 0 Å². The summed E-state index contributed by atoms with van der Waals surface area (Å²) in [5.41, 5.74) is 2.59. The predicted molar refractivity (Wildman–Crippen MR) is 79.8 cm³/mol. The Bertz CT molecular complexity index is 595. The highest BCUT2D eigenvalue weighted by Crippen LogP contribution is 2.32. The van der Waals surface area contributed by atoms with E-state index in [-0.39, 0.29) is 0 Å². The van der Waals surface area contributed by atoms with Crippen molar-refractivity contribution in [3.63, 3.8) is 0 Å². The number of hydrogen-bond acceptors (Lipinski definition) is 3. The van der Waals surface area contributed by atoms with Gasteiger partial charge in [0.25, 0.3) is 0 Å². The Morgan fingerprint density at radius 1 is 1.00 bits per heavy atom. The average Bonchev–Trinajstić information content (AvgIpc) is 3.00. The van der Waals surface area contributed by atoms with E-state index in [2.05, 4.69) is 29.6 Å². The second-order valence-corrected chi connectivity index (χ2v) is 5.07. The third kappa shape index (κ3) is 3.47. The number of ether oxygens (including phenoxy) is 3. The summed E-state index contributed by atoms with van der Waals surface area (Å²) in [5, 5.41) is 2.31. The lowest BCUT2D eigenvalue weighted by atomic mass is 10.1. The largest absolute Gasteiger partial charge is 0.497 e. The molecule has 0 bridgehead atoms. The molecule has 1 heterocycles. The van der Waals surface area contributed by atoms with Gasteiger partial charge in [0.2, 0.25) is 6.79 Å². The number of fused-ring (bicyclic) bond motifs is 1. The van der Waals surface area contributed by atoms with Crippen molar-refractivity contribution in [1.82, 2.24) is 0 Å². The summed E-state index contributed by atoms with van der Waals surface area (Å²) in [7, 11) is 1.69. The molecule has 3 rings (SSSR count). The van der Waals surface area contributed by atoms with Crippen molar-refractivity contribution < 1.29 is 19.5 Å². The molecular formula is C17H20NO3+. The van der Waals surface area contributed by atoms with E-state index < -0.39 is 0 Å². The van der Waals surface area contributed by atoms with Gasteiger partial charge in [-0.25, -0.2) is 0 Å². The van der Waals surface area contributed by atoms with Crippen LogP contribution < -0.4 is 19.5 Å². The number of methoxy groups -OCH3 is 1. The van der Waals surface area contributed by atoms with Crippen LogP contribution in [0.4, 0.5) is 0 Å². The molecule has 0 atom stereocenters. The normalized spacial score (nSPS) is 12.4. The molecule has 0 radical (unpaired) electrons. The minimum absolute atomic E-state index is 0.333. The molecule has 1 aliphatic heterocycles. The molecule has 4 heteroatoms. The summed E-state index contributed by atoms with van der Waals surface area (Å²) in [6.07, 6.45) is 1.05. The van der Waals surface area contributed by atoms with Gasteiger partial charge in [0, 0.05) is 12.0 Å². The minimum atomic E-state index is 0.333. The van der Waals surface area contributed by atoms with Gasteiger partial charge in [-0.05, 0) is 35.9 Å². The van der Waals surface area contributed by atoms with E-state index in [0.29, 0.717) is 6.79 Å². The van der Waals surface area contributed by atoms with Crippen molar-refractivity contribution in [2.75, 3.05) is 20.4 Å². The van der Waals surface area contributed by atoms with E-state index in [1.807, 2.05) is 18.2 Å². The molecule has 1 aliphatic rings. The molecule has 2 aromatic rings. The molecule has 0 amide bonds. The van der Waals surface area contributed by atoms with Crippen LogP contribution in [-0.4, -0.2) is 20.4 Å². The lowest BCUT2D eigenvalue weighted by Crippen LogP contribution is -2.83. The second kappa shape index (κ2) is 6.50. The molecule has 4 nitrogen and oxygen atoms in total. The third-order valence-electron chi connectivity index (χ3n) is 3.61. The van der Waals surface area contributed by atoms with Gasteiger partial charge in [-0.15, -0.1) is 0 Å². The molecule has 2 N–H and O–H groups in total. The van der Waals surface area contributed by atoms with Crippen molar-refractivity contribution in [1.29, 1.82) is 0 Å². The number of nitrogens with two attached hydrogens (primary N) is 1. The van der Waals surface area contributed by atoms with Crippen LogP contribution in [0.15, 0.2) is 42.5 Å². The summed E-state index contributed by atoms with van der Waals surface area (Å²) < 4.78 is 15.9. The van der Waals surface area contributed by atoms with Gasteiger partial charge in [-0.1, -0.05) is 12.1 Å². The van der Waals surface area contributed by atoms with Crippen molar-refractivity contribution >= 4 is 0 Å². The molecule has 0 unspecified atom stereocenters. The van der Waals surface area contributed by atoms with Crippen molar-refractivity contribution in [3.05, 3.63) is 53.6 Å². The highest BCUT2D eigenvalue weighted by atomic mass is 16.7. The molecule has 110 valence electrons. The maximum Gasteiger partial charge on any atom is 0.231 e. The molecule has 0 fully saturated rings. The predicted octanol–water partition coefficient (Wildman–Crippen LogP) is 1.73. The Balaban J connectivity index is 1.45. The molecule has 0 saturated heterocycles. The van der Waals surface area contributed by atoms with Crippen molar-refractivity contribution in [2.45, 2.75) is 13.0 Å². The first-order valence-electron chi connectivity index (χ1n) is 7.18. The molecule has 0 spiro atoms. The average molecular weight is 286 g/mol. The zero-order valence-corrected chi connectivity index (χ0v) is 12.2. The Hall–Kier alpha value is -2.20. The number of rotatable bonds is 6. The van der Waals surface area contributed by atoms with Crippen LogP contribution in [0.25, 0.3) is 0 Å². The fourth-order valence-electron chi connectivity index (χ4n) is 2.40. The van der Waals surface area contributed by atoms with E-state index in [1.165, 1.54) is 11.1 Å². The number of benzene rings is 2. The van der Waals surface area contributed by atoms with Crippen LogP contribution in [0.2, 0.25) is 0 Å². The van der Waals surface area contributed by atoms with Gasteiger partial charge in [0.05, 0.1) is 13.7 Å². The SMILES string of the molecule is COc1ccc(CC[NH2+]Cc2ccc3c(c2)OCO3)cc1. The minimum Gasteiger partial charge on any atom is -0.497 e. The summed E-state index contributed by atoms with van der Waals surface area (Å²) in [5.74, 6) is 2.61. The highest BCUT2D eigenvalue weighted by molar-refractivity contribution is 5.44. The Kier molecular flexibility index (Phi) is 4.26. The Morgan fingerprint density at radius 3 is 2.57 bits per heavy atom. The van der Waals surface area contributed by atoms with Gasteiger partial charge >= 0.3 is 0 Å². The van der Waals surface area contributed by atoms with Crippen LogP contribution >= 0.6 is 0 Å². The third-order valence-corrected chi connectivity index (χ3v) is 3.61. The van der Waals surface area contributed by atoms with Crippen LogP contribution in [0.1, 0.15) is 11.1 Å². The summed E-state index contributed by atoms with van der Waals surface area (Å²) in [4.78, 5) is 0. The van der Waals surface area contributed by atoms with Crippen molar-refractivity contribution in [3.8, 4) is 17.2 Å². The maximum atomic E-state index is 5.39. The molecule has 21 heavy (non-hydrogen) atoms. The second-order valence-electron chi connectivity index (χ2n) is 5.07. The molecule has 0 saturated carbocycles. The van der Waals surface area contributed by atoms with Crippen LogP contribution in [0.5, 0.6) is 17.2 Å². The zero-order chi connectivity index (χ0) is 14.5. The molecular weight excluding hydrogens is 266 g/mol. The van der Waals surface area contributed by atoms with Gasteiger partial charge in [0.1, 0.15) is 12.3 Å². The maximum absolute atomic E-state index is 5.39. The fraction of sp³-hybridized carbons (Fsp3) is 0.294. The van der Waals surface area contributed by atoms with Gasteiger partial charge in [-0.3, -0.25) is 0 Å². The zero-order valence-electron chi connectivity index (χ0n) is 12.2. The summed E-state index contributed by atoms with van der Waals surface area (Å²) >= 11 is 0. The monoisotopic (exact) mass is 286 g/mol. The van der Waals surface area contributed by atoms with Gasteiger partial charge in [0.15, 0.2) is 11.5 Å². The quantitative estimate of drug-likeness (QED) is 0.823. The first-order chi connectivity index (χ1) is 10.3. The lowest BCUT2D eigenvalue weighted by Gasteiger charge is -2.05. The van der Waals surface area contributed by atoms with E-state index in [9.17, 15) is 0 Å². The van der Waals surface area contributed by atoms with E-state index in [4.69, 9.17) is 14.2 Å². The van der Waals surface area contributed by atoms with E-state index in [1.54, 1.807) is 7.11 Å². The van der Waals surface area contributed by atoms with E-state index in [0.717, 1.165) is 36.8 Å². The topological polar surface area (TPSA) is 44.3 Å². The van der Waals surface area contributed by atoms with Crippen LogP contribution in [0, 0.1) is 0 Å². The highest BCUT2D eigenvalue weighted by Gasteiger charge is 2.13. The summed E-state index contributed by atoms with van der Waals surface area (Å²) in [6, 6.07) is 14.4. The first kappa shape index (κ1) is 13.8. The number of quaternary nitrogens is 1. The van der Waals surface area contributed by atoms with Crippen LogP contribution in [0.3, 0.4) is 0 Å². The summed E-state index contributed by atoms with van der Waals surface area (Å²) in [6.45, 7) is 2.34. The van der Waals surface area contributed by atoms with Crippen molar-refractivity contribution in [2.24, 2.45) is 0 Å². The standard InChI is InChI=1S/C17H19NO3/c1-19-15-5-2-13(3-6-15)8-9-18-11-14-4-7-16-17(10-14)21-12-20-16/h2-7,10,18H,8-9,11-12H2,1H3/p+1. The fourth-order valence-corrected chi connectivity index (χ4v) is 2.40. The Morgan fingerprint density at radius 2 is 1.76 bits per heavy atom. The number of hydrogen-bond donors (Lipinski definition) is 1. The smallest absolute Gasteiger partial charge is 0.231 e. The van der Waals surface area contributed by atoms with Gasteiger partial charge in [-0.2, -0.15) is 0 Å². The first-order valence-corrected chi connectivity index (χ1v) is 7.18.